The highest BCUT2D eigenvalue weighted by Crippen LogP contribution is 2.76. The summed E-state index contributed by atoms with van der Waals surface area (Å²) in [7, 11) is 0. The first-order chi connectivity index (χ1) is 12.6. The molecule has 0 radical (unpaired) electrons. The van der Waals surface area contributed by atoms with Gasteiger partial charge in [-0.25, -0.2) is 0 Å². The summed E-state index contributed by atoms with van der Waals surface area (Å²) in [5.74, 6) is -4.08. The van der Waals surface area contributed by atoms with Gasteiger partial charge in [0.05, 0.1) is 23.7 Å². The fraction of sp³-hybridized carbons (Fsp3) is 0.800. The Morgan fingerprint density at radius 2 is 1.89 bits per heavy atom. The summed E-state index contributed by atoms with van der Waals surface area (Å²) in [6.45, 7) is 4.30. The summed E-state index contributed by atoms with van der Waals surface area (Å²) in [4.78, 5) is 27.0. The number of carbonyl (C=O) groups excluding carboxylic acids is 2. The van der Waals surface area contributed by atoms with Gasteiger partial charge in [0.2, 0.25) is 5.79 Å². The third-order valence-electron chi connectivity index (χ3n) is 9.08. The van der Waals surface area contributed by atoms with Gasteiger partial charge in [0, 0.05) is 18.4 Å². The monoisotopic (exact) mass is 375 g/mol. The quantitative estimate of drug-likeness (QED) is 0.406. The number of carbonyl (C=O) groups is 2. The Balaban J connectivity index is 1.67. The largest absolute Gasteiger partial charge is 0.391 e. The molecule has 0 aromatic heterocycles. The van der Waals surface area contributed by atoms with Gasteiger partial charge in [-0.15, -0.1) is 0 Å². The van der Waals surface area contributed by atoms with Crippen molar-refractivity contribution >= 4 is 11.6 Å². The summed E-state index contributed by atoms with van der Waals surface area (Å²) in [5, 5.41) is 37.5. The SMILES string of the molecule is CC1(C)C=CC(=O)[C@]23CO[C@@](O)([C@@H](O)C12)[C@]12C(=O)C4(CN4)[C@H](CCC31)[C@H]2O. The molecule has 7 aliphatic rings. The summed E-state index contributed by atoms with van der Waals surface area (Å²) >= 11 is 0. The Morgan fingerprint density at radius 1 is 1.19 bits per heavy atom. The van der Waals surface area contributed by atoms with Crippen LogP contribution in [-0.4, -0.2) is 63.6 Å². The second-order valence-corrected chi connectivity index (χ2v) is 10.2. The van der Waals surface area contributed by atoms with Crippen molar-refractivity contribution in [3.8, 4) is 0 Å². The Kier molecular flexibility index (Phi) is 2.64. The maximum Gasteiger partial charge on any atom is 0.208 e. The molecule has 3 unspecified atom stereocenters. The van der Waals surface area contributed by atoms with Crippen molar-refractivity contribution in [1.29, 1.82) is 0 Å². The van der Waals surface area contributed by atoms with Crippen molar-refractivity contribution in [2.75, 3.05) is 13.2 Å². The number of allylic oxidation sites excluding steroid dienone is 2. The Labute approximate surface area is 156 Å². The van der Waals surface area contributed by atoms with Crippen LogP contribution in [0.5, 0.6) is 0 Å². The lowest BCUT2D eigenvalue weighted by Crippen LogP contribution is -2.84. The van der Waals surface area contributed by atoms with E-state index in [1.165, 1.54) is 0 Å². The minimum Gasteiger partial charge on any atom is -0.391 e. The Morgan fingerprint density at radius 3 is 2.56 bits per heavy atom. The maximum atomic E-state index is 13.7. The third-order valence-corrected chi connectivity index (χ3v) is 9.08. The van der Waals surface area contributed by atoms with E-state index in [9.17, 15) is 24.9 Å². The molecule has 0 aromatic carbocycles. The van der Waals surface area contributed by atoms with Crippen LogP contribution in [0.1, 0.15) is 26.7 Å². The lowest BCUT2D eigenvalue weighted by Gasteiger charge is -2.72. The molecule has 4 aliphatic carbocycles. The van der Waals surface area contributed by atoms with E-state index in [0.717, 1.165) is 0 Å². The molecular weight excluding hydrogens is 350 g/mol. The van der Waals surface area contributed by atoms with Crippen LogP contribution < -0.4 is 5.32 Å². The zero-order valence-electron chi connectivity index (χ0n) is 15.4. The van der Waals surface area contributed by atoms with Crippen molar-refractivity contribution in [3.63, 3.8) is 0 Å². The van der Waals surface area contributed by atoms with Crippen LogP contribution in [0.25, 0.3) is 0 Å². The molecule has 27 heavy (non-hydrogen) atoms. The smallest absolute Gasteiger partial charge is 0.208 e. The van der Waals surface area contributed by atoms with E-state index in [1.807, 2.05) is 13.8 Å². The topological polar surface area (TPSA) is 126 Å². The Bertz CT molecular complexity index is 832. The van der Waals surface area contributed by atoms with Crippen molar-refractivity contribution in [2.24, 2.45) is 34.0 Å². The molecule has 7 heteroatoms. The molecule has 146 valence electrons. The molecule has 6 fully saturated rings. The molecule has 4 N–H and O–H groups in total. The highest BCUT2D eigenvalue weighted by molar-refractivity contribution is 6.05. The van der Waals surface area contributed by atoms with Gasteiger partial charge in [-0.1, -0.05) is 19.9 Å². The molecule has 3 heterocycles. The van der Waals surface area contributed by atoms with E-state index in [2.05, 4.69) is 5.32 Å². The van der Waals surface area contributed by atoms with Gasteiger partial charge in [0.15, 0.2) is 11.6 Å². The molecule has 7 nitrogen and oxygen atoms in total. The summed E-state index contributed by atoms with van der Waals surface area (Å²) in [5.41, 5.74) is -4.17. The van der Waals surface area contributed by atoms with Crippen LogP contribution in [0.4, 0.5) is 0 Å². The number of Topliss-reactive ketones (excluding diaryl/α,β-unsaturated/α-hetero) is 1. The van der Waals surface area contributed by atoms with Crippen molar-refractivity contribution in [1.82, 2.24) is 5.32 Å². The van der Waals surface area contributed by atoms with Crippen molar-refractivity contribution in [3.05, 3.63) is 12.2 Å². The number of nitrogens with one attached hydrogen (secondary N) is 1. The molecule has 9 atom stereocenters. The van der Waals surface area contributed by atoms with Crippen LogP contribution in [0.2, 0.25) is 0 Å². The second-order valence-electron chi connectivity index (χ2n) is 10.2. The fourth-order valence-corrected chi connectivity index (χ4v) is 8.02. The first kappa shape index (κ1) is 16.8. The number of fused-ring (bicyclic) bond motifs is 3. The number of ether oxygens (including phenoxy) is 1. The molecule has 0 aromatic rings. The van der Waals surface area contributed by atoms with Crippen LogP contribution in [0.3, 0.4) is 0 Å². The lowest BCUT2D eigenvalue weighted by atomic mass is 9.37. The van der Waals surface area contributed by atoms with Gasteiger partial charge in [0.1, 0.15) is 11.5 Å². The summed E-state index contributed by atoms with van der Waals surface area (Å²) in [6, 6.07) is 0. The third kappa shape index (κ3) is 1.33. The molecule has 3 saturated heterocycles. The number of aliphatic hydroxyl groups excluding tert-OH is 2. The minimum atomic E-state index is -2.18. The molecule has 3 aliphatic heterocycles. The summed E-state index contributed by atoms with van der Waals surface area (Å²) < 4.78 is 5.80. The van der Waals surface area contributed by atoms with Crippen molar-refractivity contribution < 1.29 is 29.6 Å². The van der Waals surface area contributed by atoms with E-state index in [0.29, 0.717) is 19.4 Å². The first-order valence-corrected chi connectivity index (χ1v) is 9.87. The van der Waals surface area contributed by atoms with Crippen LogP contribution in [-0.2, 0) is 14.3 Å². The predicted octanol–water partition coefficient (Wildman–Crippen LogP) is -0.854. The molecule has 4 bridgehead atoms. The molecule has 0 amide bonds. The van der Waals surface area contributed by atoms with Gasteiger partial charge in [0.25, 0.3) is 0 Å². The Hall–Kier alpha value is -1.12. The number of ketones is 2. The van der Waals surface area contributed by atoms with Gasteiger partial charge in [-0.05, 0) is 30.3 Å². The van der Waals surface area contributed by atoms with E-state index in [-0.39, 0.29) is 24.1 Å². The molecule has 7 rings (SSSR count). The standard InChI is InChI=1S/C20H25NO6/c1-16(2)6-5-11(22)17-8-27-20(26,14(24)12(16)17)19-10(17)4-3-9(13(19)23)18(7-21-18)15(19)25/h5-6,9-10,12-14,21,23-24,26H,3-4,7-8H2,1-2H3/t9-,10?,12?,13-,14+,17-,18?,19-,20+/m1/s1. The zero-order chi connectivity index (χ0) is 19.2. The predicted molar refractivity (Wildman–Crippen MR) is 91.2 cm³/mol. The lowest BCUT2D eigenvalue weighted by molar-refractivity contribution is -0.433. The van der Waals surface area contributed by atoms with Gasteiger partial charge in [-0.2, -0.15) is 0 Å². The van der Waals surface area contributed by atoms with E-state index >= 15 is 0 Å². The number of rotatable bonds is 0. The average molecular weight is 375 g/mol. The highest BCUT2D eigenvalue weighted by Gasteiger charge is 2.90. The van der Waals surface area contributed by atoms with Gasteiger partial charge < -0.3 is 25.4 Å². The maximum absolute atomic E-state index is 13.7. The van der Waals surface area contributed by atoms with E-state index in [1.54, 1.807) is 12.2 Å². The number of aliphatic hydroxyl groups is 3. The van der Waals surface area contributed by atoms with Crippen molar-refractivity contribution in [2.45, 2.75) is 50.2 Å². The average Bonchev–Trinajstić information content (AvgIpc) is 3.40. The second kappa shape index (κ2) is 4.24. The van der Waals surface area contributed by atoms with E-state index < -0.39 is 51.6 Å². The zero-order valence-corrected chi connectivity index (χ0v) is 15.4. The molecule has 3 saturated carbocycles. The summed E-state index contributed by atoms with van der Waals surface area (Å²) in [6.07, 6.45) is 1.93. The van der Waals surface area contributed by atoms with Crippen LogP contribution in [0, 0.1) is 34.0 Å². The molecular formula is C20H25NO6. The fourth-order valence-electron chi connectivity index (χ4n) is 8.02. The first-order valence-electron chi connectivity index (χ1n) is 9.87. The van der Waals surface area contributed by atoms with Gasteiger partial charge >= 0.3 is 0 Å². The normalized spacial score (nSPS) is 61.9. The van der Waals surface area contributed by atoms with Crippen LogP contribution in [0.15, 0.2) is 12.2 Å². The number of hydrogen-bond donors (Lipinski definition) is 4. The van der Waals surface area contributed by atoms with Gasteiger partial charge in [-0.3, -0.25) is 9.59 Å². The number of hydrogen-bond acceptors (Lipinski definition) is 7. The molecule has 3 spiro atoms. The van der Waals surface area contributed by atoms with Crippen LogP contribution >= 0.6 is 0 Å². The van der Waals surface area contributed by atoms with E-state index in [4.69, 9.17) is 4.74 Å². The highest BCUT2D eigenvalue weighted by atomic mass is 16.6. The minimum absolute atomic E-state index is 0.0324.